The van der Waals surface area contributed by atoms with Crippen LogP contribution < -0.4 is 15.5 Å². The fourth-order valence-corrected chi connectivity index (χ4v) is 5.24. The molecule has 1 amide bonds. The van der Waals surface area contributed by atoms with E-state index in [9.17, 15) is 9.18 Å². The number of aryl methyl sites for hydroxylation is 1. The molecule has 164 valence electrons. The Bertz CT molecular complexity index is 1340. The summed E-state index contributed by atoms with van der Waals surface area (Å²) in [7, 11) is 0. The summed E-state index contributed by atoms with van der Waals surface area (Å²) in [5.41, 5.74) is 3.61. The molecule has 1 aromatic carbocycles. The third-order valence-electron chi connectivity index (χ3n) is 6.22. The number of pyridine rings is 1. The van der Waals surface area contributed by atoms with Crippen molar-refractivity contribution in [3.8, 4) is 0 Å². The SMILES string of the molecule is Cc1cn2cc(NC(=O)c3ccc(N4CCC(NC5CC5)C4)c4csnc34)cc(F)c2n1. The fraction of sp³-hybridized carbons (Fsp3) is 0.348. The van der Waals surface area contributed by atoms with Crippen LogP contribution in [0.15, 0.2) is 36.0 Å². The molecule has 1 aliphatic heterocycles. The van der Waals surface area contributed by atoms with Gasteiger partial charge in [-0.3, -0.25) is 4.79 Å². The number of rotatable bonds is 5. The largest absolute Gasteiger partial charge is 0.369 e. The zero-order valence-electron chi connectivity index (χ0n) is 17.6. The first-order chi connectivity index (χ1) is 15.5. The number of carbonyl (C=O) groups excluding carboxylic acids is 1. The fourth-order valence-electron chi connectivity index (χ4n) is 4.55. The molecule has 0 radical (unpaired) electrons. The smallest absolute Gasteiger partial charge is 0.257 e. The van der Waals surface area contributed by atoms with Gasteiger partial charge in [-0.05, 0) is 49.9 Å². The van der Waals surface area contributed by atoms with E-state index in [1.165, 1.54) is 30.4 Å². The molecule has 2 N–H and O–H groups in total. The Morgan fingerprint density at radius 3 is 2.94 bits per heavy atom. The van der Waals surface area contributed by atoms with Crippen LogP contribution in [0.5, 0.6) is 0 Å². The number of hydrogen-bond donors (Lipinski definition) is 2. The third-order valence-corrected chi connectivity index (χ3v) is 6.84. The van der Waals surface area contributed by atoms with E-state index in [0.717, 1.165) is 30.6 Å². The molecule has 1 atom stereocenters. The molecule has 1 saturated carbocycles. The van der Waals surface area contributed by atoms with Gasteiger partial charge in [-0.25, -0.2) is 9.37 Å². The number of anilines is 2. The summed E-state index contributed by atoms with van der Waals surface area (Å²) in [5.74, 6) is -0.786. The standard InChI is InChI=1S/C23H23FN6OS/c1-13-9-30-11-16(8-19(24)22(30)25-13)27-23(31)17-4-5-20(18-12-32-28-21(17)18)29-7-6-15(10-29)26-14-2-3-14/h4-5,8-9,11-12,14-15,26H,2-3,6-7,10H2,1H3,(H,27,31). The van der Waals surface area contributed by atoms with E-state index >= 15 is 0 Å². The minimum Gasteiger partial charge on any atom is -0.369 e. The number of amides is 1. The van der Waals surface area contributed by atoms with Crippen molar-refractivity contribution in [3.05, 3.63) is 53.0 Å². The molecule has 1 saturated heterocycles. The highest BCUT2D eigenvalue weighted by Gasteiger charge is 2.30. The van der Waals surface area contributed by atoms with E-state index in [4.69, 9.17) is 0 Å². The number of nitrogens with zero attached hydrogens (tertiary/aromatic N) is 4. The first-order valence-corrected chi connectivity index (χ1v) is 11.7. The van der Waals surface area contributed by atoms with E-state index in [2.05, 4.69) is 24.9 Å². The summed E-state index contributed by atoms with van der Waals surface area (Å²) >= 11 is 1.35. The second-order valence-electron chi connectivity index (χ2n) is 8.73. The Kier molecular flexibility index (Phi) is 4.62. The molecule has 1 aliphatic carbocycles. The number of fused-ring (bicyclic) bond motifs is 2. The van der Waals surface area contributed by atoms with Gasteiger partial charge < -0.3 is 19.9 Å². The van der Waals surface area contributed by atoms with Crippen molar-refractivity contribution in [1.82, 2.24) is 19.1 Å². The van der Waals surface area contributed by atoms with Crippen LogP contribution in [0.4, 0.5) is 15.8 Å². The molecule has 9 heteroatoms. The van der Waals surface area contributed by atoms with Crippen molar-refractivity contribution in [3.63, 3.8) is 0 Å². The summed E-state index contributed by atoms with van der Waals surface area (Å²) in [6.45, 7) is 3.76. The summed E-state index contributed by atoms with van der Waals surface area (Å²) in [6, 6.07) is 6.34. The van der Waals surface area contributed by atoms with Gasteiger partial charge in [0, 0.05) is 60.1 Å². The predicted molar refractivity (Wildman–Crippen MR) is 124 cm³/mol. The van der Waals surface area contributed by atoms with Gasteiger partial charge in [-0.2, -0.15) is 4.37 Å². The minimum atomic E-state index is -0.478. The van der Waals surface area contributed by atoms with E-state index < -0.39 is 5.82 Å². The van der Waals surface area contributed by atoms with E-state index in [0.29, 0.717) is 34.5 Å². The zero-order chi connectivity index (χ0) is 21.8. The number of halogens is 1. The Labute approximate surface area is 188 Å². The molecular formula is C23H23FN6OS. The van der Waals surface area contributed by atoms with Crippen LogP contribution >= 0.6 is 11.5 Å². The van der Waals surface area contributed by atoms with Gasteiger partial charge in [0.15, 0.2) is 11.5 Å². The molecule has 6 rings (SSSR count). The maximum atomic E-state index is 14.4. The summed E-state index contributed by atoms with van der Waals surface area (Å²) in [5, 5.41) is 9.53. The normalized spacial score (nSPS) is 18.7. The van der Waals surface area contributed by atoms with E-state index in [-0.39, 0.29) is 11.6 Å². The Morgan fingerprint density at radius 1 is 1.22 bits per heavy atom. The van der Waals surface area contributed by atoms with Crippen molar-refractivity contribution in [2.75, 3.05) is 23.3 Å². The van der Waals surface area contributed by atoms with Gasteiger partial charge in [0.25, 0.3) is 5.91 Å². The lowest BCUT2D eigenvalue weighted by atomic mass is 10.1. The minimum absolute atomic E-state index is 0.242. The summed E-state index contributed by atoms with van der Waals surface area (Å²) in [4.78, 5) is 19.6. The average Bonchev–Trinajstić information content (AvgIpc) is 3.14. The molecule has 7 nitrogen and oxygen atoms in total. The third kappa shape index (κ3) is 3.51. The predicted octanol–water partition coefficient (Wildman–Crippen LogP) is 3.97. The lowest BCUT2D eigenvalue weighted by molar-refractivity contribution is 0.102. The van der Waals surface area contributed by atoms with Crippen LogP contribution in [-0.2, 0) is 0 Å². The number of aromatic nitrogens is 3. The highest BCUT2D eigenvalue weighted by Crippen LogP contribution is 2.33. The van der Waals surface area contributed by atoms with Crippen molar-refractivity contribution >= 4 is 45.4 Å². The van der Waals surface area contributed by atoms with E-state index in [1.54, 1.807) is 23.7 Å². The molecule has 32 heavy (non-hydrogen) atoms. The lowest BCUT2D eigenvalue weighted by Gasteiger charge is -2.20. The van der Waals surface area contributed by atoms with Gasteiger partial charge in [0.1, 0.15) is 0 Å². The Balaban J connectivity index is 1.26. The van der Waals surface area contributed by atoms with Crippen molar-refractivity contribution in [2.45, 2.75) is 38.3 Å². The number of hydrogen-bond acceptors (Lipinski definition) is 6. The second kappa shape index (κ2) is 7.53. The number of benzene rings is 1. The first-order valence-electron chi connectivity index (χ1n) is 10.9. The molecule has 0 spiro atoms. The first kappa shape index (κ1) is 19.6. The van der Waals surface area contributed by atoms with Gasteiger partial charge in [0.05, 0.1) is 22.5 Å². The van der Waals surface area contributed by atoms with Crippen LogP contribution in [-0.4, -0.2) is 44.8 Å². The number of nitrogens with one attached hydrogen (secondary N) is 2. The lowest BCUT2D eigenvalue weighted by Crippen LogP contribution is -2.34. The maximum Gasteiger partial charge on any atom is 0.257 e. The van der Waals surface area contributed by atoms with Gasteiger partial charge >= 0.3 is 0 Å². The van der Waals surface area contributed by atoms with Gasteiger partial charge in [0.2, 0.25) is 0 Å². The highest BCUT2D eigenvalue weighted by atomic mass is 32.1. The van der Waals surface area contributed by atoms with Gasteiger partial charge in [-0.1, -0.05) is 0 Å². The molecule has 4 aromatic rings. The van der Waals surface area contributed by atoms with Crippen molar-refractivity contribution in [2.24, 2.45) is 0 Å². The van der Waals surface area contributed by atoms with Crippen LogP contribution in [0.25, 0.3) is 16.6 Å². The highest BCUT2D eigenvalue weighted by molar-refractivity contribution is 7.05. The number of carbonyl (C=O) groups is 1. The van der Waals surface area contributed by atoms with Crippen LogP contribution in [0.1, 0.15) is 35.3 Å². The molecule has 2 fully saturated rings. The maximum absolute atomic E-state index is 14.4. The topological polar surface area (TPSA) is 74.6 Å². The van der Waals surface area contributed by atoms with Crippen molar-refractivity contribution < 1.29 is 9.18 Å². The van der Waals surface area contributed by atoms with Crippen LogP contribution in [0, 0.1) is 12.7 Å². The second-order valence-corrected chi connectivity index (χ2v) is 9.35. The quantitative estimate of drug-likeness (QED) is 0.481. The van der Waals surface area contributed by atoms with Crippen LogP contribution in [0.3, 0.4) is 0 Å². The van der Waals surface area contributed by atoms with Crippen molar-refractivity contribution in [1.29, 1.82) is 0 Å². The Hall–Kier alpha value is -3.04. The summed E-state index contributed by atoms with van der Waals surface area (Å²) in [6.07, 6.45) is 7.09. The monoisotopic (exact) mass is 450 g/mol. The molecule has 3 aromatic heterocycles. The van der Waals surface area contributed by atoms with Gasteiger partial charge in [-0.15, -0.1) is 0 Å². The molecule has 0 bridgehead atoms. The zero-order valence-corrected chi connectivity index (χ0v) is 18.5. The number of imidazole rings is 1. The molecular weight excluding hydrogens is 427 g/mol. The average molecular weight is 451 g/mol. The van der Waals surface area contributed by atoms with E-state index in [1.807, 2.05) is 17.5 Å². The molecule has 1 unspecified atom stereocenters. The summed E-state index contributed by atoms with van der Waals surface area (Å²) < 4.78 is 20.5. The Morgan fingerprint density at radius 2 is 2.09 bits per heavy atom. The molecule has 2 aliphatic rings. The molecule has 4 heterocycles. The van der Waals surface area contributed by atoms with Crippen LogP contribution in [0.2, 0.25) is 0 Å².